The molecule has 0 heterocycles. The van der Waals surface area contributed by atoms with E-state index in [1.165, 1.54) is 22.4 Å². The van der Waals surface area contributed by atoms with Gasteiger partial charge in [0.2, 0.25) is 0 Å². The van der Waals surface area contributed by atoms with Crippen LogP contribution in [-0.2, 0) is 0 Å². The lowest BCUT2D eigenvalue weighted by Crippen LogP contribution is -2.08. The topological polar surface area (TPSA) is 12.0 Å². The van der Waals surface area contributed by atoms with E-state index in [1.807, 2.05) is 6.07 Å². The van der Waals surface area contributed by atoms with Crippen LogP contribution in [0.15, 0.2) is 46.9 Å². The molecule has 0 aliphatic rings. The van der Waals surface area contributed by atoms with Gasteiger partial charge in [0.05, 0.1) is 0 Å². The highest BCUT2D eigenvalue weighted by Gasteiger charge is 2.09. The Morgan fingerprint density at radius 1 is 1.00 bits per heavy atom. The van der Waals surface area contributed by atoms with Crippen molar-refractivity contribution < 1.29 is 0 Å². The molecule has 0 amide bonds. The molecule has 2 aromatic carbocycles. The van der Waals surface area contributed by atoms with Gasteiger partial charge in [0, 0.05) is 16.2 Å². The maximum absolute atomic E-state index is 3.60. The van der Waals surface area contributed by atoms with Gasteiger partial charge in [0.15, 0.2) is 0 Å². The van der Waals surface area contributed by atoms with Gasteiger partial charge in [0.1, 0.15) is 0 Å². The third-order valence-corrected chi connectivity index (χ3v) is 3.62. The van der Waals surface area contributed by atoms with E-state index in [0.29, 0.717) is 6.04 Å². The first kappa shape index (κ1) is 13.2. The van der Waals surface area contributed by atoms with Crippen LogP contribution in [0.3, 0.4) is 0 Å². The second kappa shape index (κ2) is 5.57. The Balaban J connectivity index is 2.25. The smallest absolute Gasteiger partial charge is 0.0485 e. The van der Waals surface area contributed by atoms with E-state index >= 15 is 0 Å². The standard InChI is InChI=1S/C16H18BrN/c1-11-9-15(17)10-12(2)16(11)18-13(3)14-7-5-4-6-8-14/h4-10,13,18H,1-3H3. The molecule has 0 aliphatic carbocycles. The van der Waals surface area contributed by atoms with Crippen molar-refractivity contribution in [1.29, 1.82) is 0 Å². The molecular weight excluding hydrogens is 286 g/mol. The second-order valence-corrected chi connectivity index (χ2v) is 5.61. The minimum atomic E-state index is 0.310. The van der Waals surface area contributed by atoms with Crippen molar-refractivity contribution in [3.63, 3.8) is 0 Å². The van der Waals surface area contributed by atoms with Crippen LogP contribution >= 0.6 is 15.9 Å². The Morgan fingerprint density at radius 3 is 2.11 bits per heavy atom. The number of aryl methyl sites for hydroxylation is 2. The van der Waals surface area contributed by atoms with Crippen LogP contribution in [0, 0.1) is 13.8 Å². The fraction of sp³-hybridized carbons (Fsp3) is 0.250. The van der Waals surface area contributed by atoms with Gasteiger partial charge in [-0.25, -0.2) is 0 Å². The van der Waals surface area contributed by atoms with E-state index in [1.54, 1.807) is 0 Å². The zero-order valence-corrected chi connectivity index (χ0v) is 12.6. The Hall–Kier alpha value is -1.28. The van der Waals surface area contributed by atoms with Crippen LogP contribution in [0.1, 0.15) is 29.7 Å². The maximum Gasteiger partial charge on any atom is 0.0485 e. The van der Waals surface area contributed by atoms with Crippen molar-refractivity contribution in [3.8, 4) is 0 Å². The molecule has 1 N–H and O–H groups in total. The summed E-state index contributed by atoms with van der Waals surface area (Å²) >= 11 is 3.53. The average Bonchev–Trinajstić information content (AvgIpc) is 2.34. The quantitative estimate of drug-likeness (QED) is 0.817. The summed E-state index contributed by atoms with van der Waals surface area (Å²) in [6.45, 7) is 6.46. The summed E-state index contributed by atoms with van der Waals surface area (Å²) in [4.78, 5) is 0. The van der Waals surface area contributed by atoms with Crippen LogP contribution in [0.5, 0.6) is 0 Å². The zero-order chi connectivity index (χ0) is 13.1. The molecule has 0 aromatic heterocycles. The lowest BCUT2D eigenvalue weighted by atomic mass is 10.1. The SMILES string of the molecule is Cc1cc(Br)cc(C)c1NC(C)c1ccccc1. The number of rotatable bonds is 3. The molecule has 2 aromatic rings. The third-order valence-electron chi connectivity index (χ3n) is 3.16. The highest BCUT2D eigenvalue weighted by Crippen LogP contribution is 2.28. The van der Waals surface area contributed by atoms with Crippen LogP contribution in [0.4, 0.5) is 5.69 Å². The molecule has 1 unspecified atom stereocenters. The van der Waals surface area contributed by atoms with Crippen molar-refractivity contribution in [2.75, 3.05) is 5.32 Å². The molecule has 1 nitrogen and oxygen atoms in total. The summed E-state index contributed by atoms with van der Waals surface area (Å²) in [5.74, 6) is 0. The van der Waals surface area contributed by atoms with Crippen LogP contribution < -0.4 is 5.32 Å². The van der Waals surface area contributed by atoms with Crippen molar-refractivity contribution >= 4 is 21.6 Å². The average molecular weight is 304 g/mol. The molecular formula is C16H18BrN. The van der Waals surface area contributed by atoms with Crippen molar-refractivity contribution in [2.24, 2.45) is 0 Å². The van der Waals surface area contributed by atoms with Crippen molar-refractivity contribution in [3.05, 3.63) is 63.6 Å². The van der Waals surface area contributed by atoms with Crippen LogP contribution in [0.2, 0.25) is 0 Å². The number of benzene rings is 2. The second-order valence-electron chi connectivity index (χ2n) is 4.69. The Kier molecular flexibility index (Phi) is 4.07. The van der Waals surface area contributed by atoms with E-state index in [-0.39, 0.29) is 0 Å². The van der Waals surface area contributed by atoms with Crippen molar-refractivity contribution in [2.45, 2.75) is 26.8 Å². The minimum absolute atomic E-state index is 0.310. The Labute approximate surface area is 117 Å². The Morgan fingerprint density at radius 2 is 1.56 bits per heavy atom. The van der Waals surface area contributed by atoms with E-state index in [0.717, 1.165) is 4.47 Å². The molecule has 0 saturated carbocycles. The monoisotopic (exact) mass is 303 g/mol. The lowest BCUT2D eigenvalue weighted by molar-refractivity contribution is 0.880. The van der Waals surface area contributed by atoms with E-state index in [9.17, 15) is 0 Å². The molecule has 0 bridgehead atoms. The fourth-order valence-corrected chi connectivity index (χ4v) is 2.87. The van der Waals surface area contributed by atoms with Gasteiger partial charge < -0.3 is 5.32 Å². The number of hydrogen-bond acceptors (Lipinski definition) is 1. The first-order valence-electron chi connectivity index (χ1n) is 6.16. The Bertz CT molecular complexity index is 511. The van der Waals surface area contributed by atoms with Gasteiger partial charge in [0.25, 0.3) is 0 Å². The molecule has 0 radical (unpaired) electrons. The molecule has 2 rings (SSSR count). The predicted octanol–water partition coefficient (Wildman–Crippen LogP) is 5.24. The maximum atomic E-state index is 3.60. The van der Waals surface area contributed by atoms with E-state index in [2.05, 4.69) is 78.4 Å². The van der Waals surface area contributed by atoms with E-state index in [4.69, 9.17) is 0 Å². The first-order chi connectivity index (χ1) is 8.58. The fourth-order valence-electron chi connectivity index (χ4n) is 2.18. The number of hydrogen-bond donors (Lipinski definition) is 1. The largest absolute Gasteiger partial charge is 0.378 e. The summed E-state index contributed by atoms with van der Waals surface area (Å²) in [5, 5.41) is 3.60. The van der Waals surface area contributed by atoms with Crippen LogP contribution in [0.25, 0.3) is 0 Å². The van der Waals surface area contributed by atoms with Crippen molar-refractivity contribution in [1.82, 2.24) is 0 Å². The lowest BCUT2D eigenvalue weighted by Gasteiger charge is -2.19. The number of halogens is 1. The highest BCUT2D eigenvalue weighted by molar-refractivity contribution is 9.10. The first-order valence-corrected chi connectivity index (χ1v) is 6.95. The molecule has 2 heteroatoms. The molecule has 0 saturated heterocycles. The summed E-state index contributed by atoms with van der Waals surface area (Å²) in [7, 11) is 0. The summed E-state index contributed by atoms with van der Waals surface area (Å²) < 4.78 is 1.13. The molecule has 0 spiro atoms. The van der Waals surface area contributed by atoms with Gasteiger partial charge in [-0.1, -0.05) is 46.3 Å². The molecule has 0 aliphatic heterocycles. The summed E-state index contributed by atoms with van der Waals surface area (Å²) in [5.41, 5.74) is 5.07. The summed E-state index contributed by atoms with van der Waals surface area (Å²) in [6, 6.07) is 15.1. The molecule has 18 heavy (non-hydrogen) atoms. The van der Waals surface area contributed by atoms with Gasteiger partial charge in [-0.05, 0) is 49.6 Å². The van der Waals surface area contributed by atoms with Gasteiger partial charge in [-0.2, -0.15) is 0 Å². The molecule has 0 fully saturated rings. The number of anilines is 1. The molecule has 1 atom stereocenters. The van der Waals surface area contributed by atoms with Gasteiger partial charge in [-0.15, -0.1) is 0 Å². The summed E-state index contributed by atoms with van der Waals surface area (Å²) in [6.07, 6.45) is 0. The normalized spacial score (nSPS) is 12.2. The highest BCUT2D eigenvalue weighted by atomic mass is 79.9. The van der Waals surface area contributed by atoms with E-state index < -0.39 is 0 Å². The molecule has 94 valence electrons. The minimum Gasteiger partial charge on any atom is -0.378 e. The predicted molar refractivity (Wildman–Crippen MR) is 82.1 cm³/mol. The third kappa shape index (κ3) is 2.94. The number of nitrogens with one attached hydrogen (secondary N) is 1. The van der Waals surface area contributed by atoms with Gasteiger partial charge in [-0.3, -0.25) is 0 Å². The van der Waals surface area contributed by atoms with Crippen LogP contribution in [-0.4, -0.2) is 0 Å². The zero-order valence-electron chi connectivity index (χ0n) is 11.0. The van der Waals surface area contributed by atoms with Gasteiger partial charge >= 0.3 is 0 Å².